The van der Waals surface area contributed by atoms with Crippen molar-refractivity contribution in [2.45, 2.75) is 49.3 Å². The van der Waals surface area contributed by atoms with Crippen LogP contribution in [0.5, 0.6) is 5.75 Å². The molecular formula is C20H23FN4O6S. The number of sulfonamides is 1. The minimum Gasteiger partial charge on any atom is -0.501 e. The van der Waals surface area contributed by atoms with Crippen molar-refractivity contribution in [3.8, 4) is 5.75 Å². The second kappa shape index (κ2) is 8.26. The van der Waals surface area contributed by atoms with Crippen LogP contribution in [0.3, 0.4) is 0 Å². The standard InChI is InChI=1S/C20H23FN4O6S/c1-22-32(29,30)14-10-13(21)5-4-12(14)11-23-17(27)15-16(26)18(28)25-8-9-31-20(19(25)24-15)6-2-3-7-20/h4-5,10,22,26H,2-3,6-9,11H2,1H3,(H,23,27). The number of aromatic hydroxyl groups is 1. The van der Waals surface area contributed by atoms with Crippen LogP contribution in [0.2, 0.25) is 0 Å². The van der Waals surface area contributed by atoms with Crippen LogP contribution in [0.15, 0.2) is 27.9 Å². The highest BCUT2D eigenvalue weighted by molar-refractivity contribution is 7.89. The number of benzene rings is 1. The van der Waals surface area contributed by atoms with E-state index < -0.39 is 44.4 Å². The molecule has 1 aliphatic carbocycles. The van der Waals surface area contributed by atoms with Gasteiger partial charge in [0.25, 0.3) is 11.5 Å². The van der Waals surface area contributed by atoms with Crippen LogP contribution in [0, 0.1) is 5.82 Å². The van der Waals surface area contributed by atoms with E-state index in [1.807, 2.05) is 0 Å². The molecule has 32 heavy (non-hydrogen) atoms. The van der Waals surface area contributed by atoms with Crippen molar-refractivity contribution in [1.82, 2.24) is 19.6 Å². The van der Waals surface area contributed by atoms with E-state index in [0.29, 0.717) is 25.3 Å². The molecule has 1 amide bonds. The summed E-state index contributed by atoms with van der Waals surface area (Å²) in [7, 11) is -2.80. The highest BCUT2D eigenvalue weighted by Gasteiger charge is 2.44. The highest BCUT2D eigenvalue weighted by Crippen LogP contribution is 2.42. The van der Waals surface area contributed by atoms with Crippen molar-refractivity contribution in [2.24, 2.45) is 0 Å². The monoisotopic (exact) mass is 466 g/mol. The Morgan fingerprint density at radius 3 is 2.75 bits per heavy atom. The quantitative estimate of drug-likeness (QED) is 0.590. The normalized spacial score (nSPS) is 17.3. The molecule has 3 N–H and O–H groups in total. The van der Waals surface area contributed by atoms with Gasteiger partial charge in [0.15, 0.2) is 5.69 Å². The number of amides is 1. The molecule has 10 nitrogen and oxygen atoms in total. The Morgan fingerprint density at radius 2 is 2.06 bits per heavy atom. The van der Waals surface area contributed by atoms with E-state index in [0.717, 1.165) is 25.0 Å². The number of nitrogens with zero attached hydrogens (tertiary/aromatic N) is 2. The molecule has 4 rings (SSSR count). The maximum atomic E-state index is 13.6. The minimum absolute atomic E-state index is 0.124. The van der Waals surface area contributed by atoms with Crippen molar-refractivity contribution in [3.05, 3.63) is 51.5 Å². The molecule has 0 bridgehead atoms. The molecule has 1 spiro atoms. The molecule has 1 aromatic heterocycles. The summed E-state index contributed by atoms with van der Waals surface area (Å²) in [6, 6.07) is 3.14. The third-order valence-corrected chi connectivity index (χ3v) is 7.40. The molecule has 2 aromatic rings. The molecule has 0 radical (unpaired) electrons. The molecule has 0 atom stereocenters. The van der Waals surface area contributed by atoms with Gasteiger partial charge in [-0.15, -0.1) is 0 Å². The average Bonchev–Trinajstić information content (AvgIpc) is 3.24. The highest BCUT2D eigenvalue weighted by atomic mass is 32.2. The maximum absolute atomic E-state index is 13.6. The lowest BCUT2D eigenvalue weighted by molar-refractivity contribution is -0.0789. The fraction of sp³-hybridized carbons (Fsp3) is 0.450. The third-order valence-electron chi connectivity index (χ3n) is 5.90. The largest absolute Gasteiger partial charge is 0.501 e. The van der Waals surface area contributed by atoms with E-state index in [2.05, 4.69) is 15.0 Å². The Labute approximate surface area is 183 Å². The number of aromatic nitrogens is 2. The number of hydrogen-bond donors (Lipinski definition) is 3. The molecule has 0 saturated heterocycles. The van der Waals surface area contributed by atoms with Crippen LogP contribution in [0.4, 0.5) is 4.39 Å². The van der Waals surface area contributed by atoms with Crippen LogP contribution in [0.1, 0.15) is 47.6 Å². The van der Waals surface area contributed by atoms with Gasteiger partial charge in [-0.1, -0.05) is 6.07 Å². The molecule has 2 heterocycles. The fourth-order valence-corrected chi connectivity index (χ4v) is 5.24. The van der Waals surface area contributed by atoms with Gasteiger partial charge in [0.2, 0.25) is 15.8 Å². The maximum Gasteiger partial charge on any atom is 0.296 e. The SMILES string of the molecule is CNS(=O)(=O)c1cc(F)ccc1CNC(=O)c1nc2n(c(=O)c1O)CCOC21CCCC1. The van der Waals surface area contributed by atoms with Crippen molar-refractivity contribution in [1.29, 1.82) is 0 Å². The number of carbonyl (C=O) groups excluding carboxylic acids is 1. The zero-order chi connectivity index (χ0) is 23.1. The van der Waals surface area contributed by atoms with E-state index in [9.17, 15) is 27.5 Å². The van der Waals surface area contributed by atoms with Crippen LogP contribution in [0.25, 0.3) is 0 Å². The van der Waals surface area contributed by atoms with Gasteiger partial charge in [0.05, 0.1) is 18.0 Å². The van der Waals surface area contributed by atoms with Gasteiger partial charge in [-0.25, -0.2) is 22.5 Å². The first-order chi connectivity index (χ1) is 15.2. The predicted molar refractivity (Wildman–Crippen MR) is 110 cm³/mol. The number of hydrogen-bond acceptors (Lipinski definition) is 7. The molecule has 12 heteroatoms. The Hall–Kier alpha value is -2.83. The lowest BCUT2D eigenvalue weighted by Crippen LogP contribution is -2.44. The summed E-state index contributed by atoms with van der Waals surface area (Å²) < 4.78 is 47.4. The molecule has 1 aliphatic heterocycles. The van der Waals surface area contributed by atoms with Gasteiger partial charge in [0, 0.05) is 6.54 Å². The summed E-state index contributed by atoms with van der Waals surface area (Å²) >= 11 is 0. The van der Waals surface area contributed by atoms with Gasteiger partial charge < -0.3 is 15.2 Å². The first kappa shape index (κ1) is 22.4. The van der Waals surface area contributed by atoms with Crippen molar-refractivity contribution in [3.63, 3.8) is 0 Å². The molecule has 0 unspecified atom stereocenters. The number of nitrogens with one attached hydrogen (secondary N) is 2. The fourth-order valence-electron chi connectivity index (χ4n) is 4.26. The Bertz CT molecular complexity index is 1240. The van der Waals surface area contributed by atoms with Gasteiger partial charge in [-0.3, -0.25) is 14.2 Å². The predicted octanol–water partition coefficient (Wildman–Crippen LogP) is 0.726. The van der Waals surface area contributed by atoms with Gasteiger partial charge in [0.1, 0.15) is 17.2 Å². The summed E-state index contributed by atoms with van der Waals surface area (Å²) in [5.74, 6) is -2.09. The summed E-state index contributed by atoms with van der Waals surface area (Å²) in [4.78, 5) is 29.5. The number of ether oxygens (including phenoxy) is 1. The molecule has 1 fully saturated rings. The van der Waals surface area contributed by atoms with E-state index in [1.54, 1.807) is 0 Å². The van der Waals surface area contributed by atoms with Crippen LogP contribution >= 0.6 is 0 Å². The summed E-state index contributed by atoms with van der Waals surface area (Å²) in [6.45, 7) is 0.239. The average molecular weight is 466 g/mol. The Balaban J connectivity index is 1.66. The zero-order valence-electron chi connectivity index (χ0n) is 17.4. The van der Waals surface area contributed by atoms with Gasteiger partial charge in [-0.2, -0.15) is 0 Å². The smallest absolute Gasteiger partial charge is 0.296 e. The third kappa shape index (κ3) is 3.78. The molecule has 172 valence electrons. The molecule has 1 aromatic carbocycles. The van der Waals surface area contributed by atoms with Crippen LogP contribution in [-0.2, 0) is 33.5 Å². The summed E-state index contributed by atoms with van der Waals surface area (Å²) in [6.07, 6.45) is 3.11. The summed E-state index contributed by atoms with van der Waals surface area (Å²) in [5.41, 5.74) is -1.82. The first-order valence-electron chi connectivity index (χ1n) is 10.2. The van der Waals surface area contributed by atoms with Crippen molar-refractivity contribution in [2.75, 3.05) is 13.7 Å². The number of rotatable bonds is 5. The molecule has 1 saturated carbocycles. The van der Waals surface area contributed by atoms with Crippen LogP contribution < -0.4 is 15.6 Å². The van der Waals surface area contributed by atoms with E-state index in [1.165, 1.54) is 17.7 Å². The summed E-state index contributed by atoms with van der Waals surface area (Å²) in [5, 5.41) is 12.8. The Morgan fingerprint density at radius 1 is 1.34 bits per heavy atom. The lowest BCUT2D eigenvalue weighted by Gasteiger charge is -2.35. The number of carbonyl (C=O) groups is 1. The first-order valence-corrected chi connectivity index (χ1v) is 11.7. The topological polar surface area (TPSA) is 140 Å². The lowest BCUT2D eigenvalue weighted by atomic mass is 9.99. The minimum atomic E-state index is -3.98. The van der Waals surface area contributed by atoms with Crippen molar-refractivity contribution < 1.29 is 27.4 Å². The molecule has 2 aliphatic rings. The van der Waals surface area contributed by atoms with E-state index in [4.69, 9.17) is 4.74 Å². The zero-order valence-corrected chi connectivity index (χ0v) is 18.2. The second-order valence-electron chi connectivity index (χ2n) is 7.78. The van der Waals surface area contributed by atoms with Gasteiger partial charge >= 0.3 is 0 Å². The number of fused-ring (bicyclic) bond motifs is 2. The van der Waals surface area contributed by atoms with Crippen LogP contribution in [-0.4, -0.2) is 42.6 Å². The molecular weight excluding hydrogens is 443 g/mol. The number of halogens is 1. The van der Waals surface area contributed by atoms with Gasteiger partial charge in [-0.05, 0) is 50.4 Å². The Kier molecular flexibility index (Phi) is 5.77. The van der Waals surface area contributed by atoms with E-state index in [-0.39, 0.29) is 23.5 Å². The van der Waals surface area contributed by atoms with E-state index >= 15 is 0 Å². The van der Waals surface area contributed by atoms with Crippen molar-refractivity contribution >= 4 is 15.9 Å². The second-order valence-corrected chi connectivity index (χ2v) is 9.64.